The minimum absolute atomic E-state index is 0.0526. The Hall–Kier alpha value is -2.82. The molecule has 0 aliphatic carbocycles. The van der Waals surface area contributed by atoms with Crippen LogP contribution in [0.15, 0.2) is 54.6 Å². The maximum Gasteiger partial charge on any atom is 0.341 e. The van der Waals surface area contributed by atoms with Gasteiger partial charge < -0.3 is 15.2 Å². The fraction of sp³-hybridized carbons (Fsp3) is 0.300. The number of carboxylic acids is 1. The van der Waals surface area contributed by atoms with Crippen LogP contribution in [0.2, 0.25) is 0 Å². The Morgan fingerprint density at radius 1 is 1.04 bits per heavy atom. The maximum absolute atomic E-state index is 12.2. The van der Waals surface area contributed by atoms with Crippen molar-refractivity contribution < 1.29 is 19.4 Å². The van der Waals surface area contributed by atoms with E-state index >= 15 is 0 Å². The predicted molar refractivity (Wildman–Crippen MR) is 96.9 cm³/mol. The number of anilines is 1. The molecule has 2 rings (SSSR count). The Bertz CT molecular complexity index is 708. The highest BCUT2D eigenvalue weighted by molar-refractivity contribution is 5.90. The van der Waals surface area contributed by atoms with Crippen molar-refractivity contribution in [3.05, 3.63) is 60.2 Å². The van der Waals surface area contributed by atoms with Gasteiger partial charge in [0.1, 0.15) is 5.75 Å². The lowest BCUT2D eigenvalue weighted by atomic mass is 9.80. The molecule has 25 heavy (non-hydrogen) atoms. The molecule has 0 spiro atoms. The Morgan fingerprint density at radius 3 is 2.28 bits per heavy atom. The van der Waals surface area contributed by atoms with Crippen LogP contribution in [0.3, 0.4) is 0 Å². The third-order valence-electron chi connectivity index (χ3n) is 4.03. The van der Waals surface area contributed by atoms with Crippen LogP contribution in [0.5, 0.6) is 5.75 Å². The highest BCUT2D eigenvalue weighted by Crippen LogP contribution is 2.28. The molecule has 0 radical (unpaired) electrons. The number of hydrogen-bond acceptors (Lipinski definition) is 3. The number of nitrogens with one attached hydrogen (secondary N) is 1. The van der Waals surface area contributed by atoms with Crippen LogP contribution in [-0.2, 0) is 15.0 Å². The average Bonchev–Trinajstić information content (AvgIpc) is 2.60. The number of aliphatic carboxylic acids is 1. The fourth-order valence-corrected chi connectivity index (χ4v) is 2.46. The lowest BCUT2D eigenvalue weighted by molar-refractivity contribution is -0.139. The monoisotopic (exact) mass is 341 g/mol. The Labute approximate surface area is 147 Å². The number of rotatable bonds is 8. The van der Waals surface area contributed by atoms with Crippen molar-refractivity contribution in [2.24, 2.45) is 0 Å². The van der Waals surface area contributed by atoms with Gasteiger partial charge in [0, 0.05) is 12.1 Å². The second-order valence-electron chi connectivity index (χ2n) is 6.50. The topological polar surface area (TPSA) is 75.6 Å². The van der Waals surface area contributed by atoms with Crippen LogP contribution < -0.4 is 10.1 Å². The molecule has 0 aliphatic rings. The standard InChI is InChI=1S/C20H23NO4/c1-20(2,15-6-4-3-5-7-15)13-12-18(22)21-16-8-10-17(11-9-16)25-14-19(23)24/h3-11H,12-14H2,1-2H3,(H,21,22)(H,23,24). The number of hydrogen-bond donors (Lipinski definition) is 2. The number of benzene rings is 2. The lowest BCUT2D eigenvalue weighted by Crippen LogP contribution is -2.21. The Balaban J connectivity index is 1.85. The van der Waals surface area contributed by atoms with E-state index in [-0.39, 0.29) is 17.9 Å². The number of carbonyl (C=O) groups is 2. The smallest absolute Gasteiger partial charge is 0.341 e. The van der Waals surface area contributed by atoms with E-state index in [1.54, 1.807) is 24.3 Å². The fourth-order valence-electron chi connectivity index (χ4n) is 2.46. The minimum atomic E-state index is -1.03. The van der Waals surface area contributed by atoms with Crippen LogP contribution >= 0.6 is 0 Å². The molecule has 0 bridgehead atoms. The van der Waals surface area contributed by atoms with Gasteiger partial charge >= 0.3 is 5.97 Å². The number of amides is 1. The second kappa shape index (κ2) is 8.33. The van der Waals surface area contributed by atoms with E-state index in [0.29, 0.717) is 17.9 Å². The lowest BCUT2D eigenvalue weighted by Gasteiger charge is -2.25. The van der Waals surface area contributed by atoms with E-state index in [2.05, 4.69) is 31.3 Å². The number of ether oxygens (including phenoxy) is 1. The van der Waals surface area contributed by atoms with Gasteiger partial charge in [-0.3, -0.25) is 4.79 Å². The van der Waals surface area contributed by atoms with Gasteiger partial charge in [0.25, 0.3) is 0 Å². The van der Waals surface area contributed by atoms with Gasteiger partial charge in [-0.15, -0.1) is 0 Å². The predicted octanol–water partition coefficient (Wildman–Crippen LogP) is 3.85. The first kappa shape index (κ1) is 18.5. The first-order valence-corrected chi connectivity index (χ1v) is 8.17. The molecule has 1 amide bonds. The summed E-state index contributed by atoms with van der Waals surface area (Å²) in [6, 6.07) is 16.8. The van der Waals surface area contributed by atoms with Crippen LogP contribution in [0.25, 0.3) is 0 Å². The van der Waals surface area contributed by atoms with Crippen molar-refractivity contribution in [1.29, 1.82) is 0 Å². The van der Waals surface area contributed by atoms with Crippen LogP contribution in [0.4, 0.5) is 5.69 Å². The van der Waals surface area contributed by atoms with E-state index in [0.717, 1.165) is 6.42 Å². The highest BCUT2D eigenvalue weighted by Gasteiger charge is 2.21. The van der Waals surface area contributed by atoms with Crippen LogP contribution in [0, 0.1) is 0 Å². The van der Waals surface area contributed by atoms with Crippen molar-refractivity contribution in [2.75, 3.05) is 11.9 Å². The molecule has 0 fully saturated rings. The molecule has 0 atom stereocenters. The summed E-state index contributed by atoms with van der Waals surface area (Å²) >= 11 is 0. The summed E-state index contributed by atoms with van der Waals surface area (Å²) in [5, 5.41) is 11.4. The quantitative estimate of drug-likeness (QED) is 0.765. The van der Waals surface area contributed by atoms with Gasteiger partial charge in [-0.25, -0.2) is 4.79 Å². The zero-order valence-corrected chi connectivity index (χ0v) is 14.5. The number of carbonyl (C=O) groups excluding carboxylic acids is 1. The van der Waals surface area contributed by atoms with Crippen molar-refractivity contribution in [1.82, 2.24) is 0 Å². The van der Waals surface area contributed by atoms with Crippen LogP contribution in [0.1, 0.15) is 32.3 Å². The zero-order chi connectivity index (χ0) is 18.3. The van der Waals surface area contributed by atoms with Crippen molar-refractivity contribution in [2.45, 2.75) is 32.1 Å². The first-order chi connectivity index (χ1) is 11.9. The Morgan fingerprint density at radius 2 is 1.68 bits per heavy atom. The van der Waals surface area contributed by atoms with Gasteiger partial charge in [-0.05, 0) is 41.7 Å². The van der Waals surface area contributed by atoms with Gasteiger partial charge in [0.15, 0.2) is 6.61 Å². The Kier molecular flexibility index (Phi) is 6.17. The van der Waals surface area contributed by atoms with Crippen molar-refractivity contribution in [3.63, 3.8) is 0 Å². The van der Waals surface area contributed by atoms with Crippen LogP contribution in [-0.4, -0.2) is 23.6 Å². The summed E-state index contributed by atoms with van der Waals surface area (Å²) < 4.78 is 5.06. The highest BCUT2D eigenvalue weighted by atomic mass is 16.5. The first-order valence-electron chi connectivity index (χ1n) is 8.17. The van der Waals surface area contributed by atoms with Gasteiger partial charge in [0.2, 0.25) is 5.91 Å². The molecule has 2 aromatic carbocycles. The average molecular weight is 341 g/mol. The largest absolute Gasteiger partial charge is 0.482 e. The summed E-state index contributed by atoms with van der Waals surface area (Å²) in [4.78, 5) is 22.6. The zero-order valence-electron chi connectivity index (χ0n) is 14.5. The second-order valence-corrected chi connectivity index (χ2v) is 6.50. The molecular weight excluding hydrogens is 318 g/mol. The summed E-state index contributed by atoms with van der Waals surface area (Å²) in [5.74, 6) is -0.632. The SMILES string of the molecule is CC(C)(CCC(=O)Nc1ccc(OCC(=O)O)cc1)c1ccccc1. The van der Waals surface area contributed by atoms with E-state index < -0.39 is 5.97 Å². The molecule has 0 unspecified atom stereocenters. The van der Waals surface area contributed by atoms with Gasteiger partial charge in [0.05, 0.1) is 0 Å². The molecule has 5 nitrogen and oxygen atoms in total. The third kappa shape index (κ3) is 5.95. The summed E-state index contributed by atoms with van der Waals surface area (Å²) in [6.45, 7) is 3.87. The normalized spacial score (nSPS) is 11.0. The summed E-state index contributed by atoms with van der Waals surface area (Å²) in [7, 11) is 0. The number of carboxylic acid groups (broad SMARTS) is 1. The van der Waals surface area contributed by atoms with E-state index in [1.807, 2.05) is 18.2 Å². The minimum Gasteiger partial charge on any atom is -0.482 e. The van der Waals surface area contributed by atoms with Gasteiger partial charge in [-0.2, -0.15) is 0 Å². The molecular formula is C20H23NO4. The molecule has 132 valence electrons. The molecule has 2 N–H and O–H groups in total. The molecule has 2 aromatic rings. The summed E-state index contributed by atoms with van der Waals surface area (Å²) in [5.41, 5.74) is 1.79. The molecule has 5 heteroatoms. The van der Waals surface area contributed by atoms with Gasteiger partial charge in [-0.1, -0.05) is 44.2 Å². The third-order valence-corrected chi connectivity index (χ3v) is 4.03. The van der Waals surface area contributed by atoms with E-state index in [4.69, 9.17) is 9.84 Å². The molecule has 0 heterocycles. The molecule has 0 saturated heterocycles. The van der Waals surface area contributed by atoms with Crippen molar-refractivity contribution >= 4 is 17.6 Å². The molecule has 0 aromatic heterocycles. The van der Waals surface area contributed by atoms with E-state index in [1.165, 1.54) is 5.56 Å². The maximum atomic E-state index is 12.2. The van der Waals surface area contributed by atoms with E-state index in [9.17, 15) is 9.59 Å². The molecule has 0 saturated carbocycles. The van der Waals surface area contributed by atoms with Crippen molar-refractivity contribution in [3.8, 4) is 5.75 Å². The molecule has 0 aliphatic heterocycles. The summed E-state index contributed by atoms with van der Waals surface area (Å²) in [6.07, 6.45) is 1.15.